The number of hydrogen-bond donors (Lipinski definition) is 1. The second-order valence-corrected chi connectivity index (χ2v) is 7.10. The van der Waals surface area contributed by atoms with Crippen LogP contribution in [-0.4, -0.2) is 47.9 Å². The molecule has 0 bridgehead atoms. The molecule has 25 heavy (non-hydrogen) atoms. The average Bonchev–Trinajstić information content (AvgIpc) is 2.66. The second kappa shape index (κ2) is 8.99. The zero-order valence-electron chi connectivity index (χ0n) is 14.8. The number of rotatable bonds is 6. The number of aliphatic carboxylic acids is 1. The number of carbonyl (C=O) groups is 1. The zero-order chi connectivity index (χ0) is 17.5. The van der Waals surface area contributed by atoms with Crippen molar-refractivity contribution in [3.63, 3.8) is 0 Å². The molecule has 1 heterocycles. The van der Waals surface area contributed by atoms with Crippen molar-refractivity contribution in [2.45, 2.75) is 44.4 Å². The first-order valence-electron chi connectivity index (χ1n) is 9.43. The number of hydrogen-bond acceptors (Lipinski definition) is 4. The summed E-state index contributed by atoms with van der Waals surface area (Å²) >= 11 is 0. The van der Waals surface area contributed by atoms with Gasteiger partial charge in [-0.05, 0) is 44.2 Å². The van der Waals surface area contributed by atoms with Gasteiger partial charge in [0.1, 0.15) is 6.61 Å². The lowest BCUT2D eigenvalue weighted by Crippen LogP contribution is -2.40. The molecule has 1 aromatic rings. The average molecular weight is 344 g/mol. The lowest BCUT2D eigenvalue weighted by atomic mass is 9.82. The Balaban J connectivity index is 1.50. The fraction of sp³-hybridized carbons (Fsp3) is 0.600. The van der Waals surface area contributed by atoms with Crippen LogP contribution in [0.4, 0.5) is 0 Å². The SMILES string of the molecule is O=C(O)C1CCCN(CCO/N=C2/CCCCC2c2ccccc2)C1. The van der Waals surface area contributed by atoms with Crippen molar-refractivity contribution in [3.8, 4) is 0 Å². The summed E-state index contributed by atoms with van der Waals surface area (Å²) in [5.74, 6) is -0.541. The number of benzene rings is 1. The number of piperidine rings is 1. The molecule has 2 fully saturated rings. The Hall–Kier alpha value is -1.88. The number of likely N-dealkylation sites (tertiary alicyclic amines) is 1. The summed E-state index contributed by atoms with van der Waals surface area (Å²) in [6, 6.07) is 10.6. The molecular formula is C20H28N2O3. The van der Waals surface area contributed by atoms with E-state index in [1.807, 2.05) is 6.07 Å². The van der Waals surface area contributed by atoms with Crippen LogP contribution in [0.25, 0.3) is 0 Å². The molecule has 5 nitrogen and oxygen atoms in total. The van der Waals surface area contributed by atoms with Crippen molar-refractivity contribution >= 4 is 11.7 Å². The maximum absolute atomic E-state index is 11.1. The largest absolute Gasteiger partial charge is 0.481 e. The van der Waals surface area contributed by atoms with Gasteiger partial charge in [0.05, 0.1) is 11.6 Å². The van der Waals surface area contributed by atoms with Gasteiger partial charge in [-0.2, -0.15) is 0 Å². The highest BCUT2D eigenvalue weighted by Gasteiger charge is 2.25. The van der Waals surface area contributed by atoms with Gasteiger partial charge < -0.3 is 9.94 Å². The van der Waals surface area contributed by atoms with Crippen molar-refractivity contribution in [2.75, 3.05) is 26.2 Å². The van der Waals surface area contributed by atoms with Gasteiger partial charge in [0.15, 0.2) is 0 Å². The van der Waals surface area contributed by atoms with Crippen LogP contribution in [0.1, 0.15) is 50.0 Å². The fourth-order valence-corrected chi connectivity index (χ4v) is 3.91. The van der Waals surface area contributed by atoms with Gasteiger partial charge in [0, 0.05) is 19.0 Å². The zero-order valence-corrected chi connectivity index (χ0v) is 14.8. The highest BCUT2D eigenvalue weighted by atomic mass is 16.6. The van der Waals surface area contributed by atoms with Crippen molar-refractivity contribution in [1.29, 1.82) is 0 Å². The Labute approximate surface area is 149 Å². The van der Waals surface area contributed by atoms with Crippen LogP contribution in [0.15, 0.2) is 35.5 Å². The molecule has 1 aromatic carbocycles. The first-order valence-corrected chi connectivity index (χ1v) is 9.43. The summed E-state index contributed by atoms with van der Waals surface area (Å²) in [6.45, 7) is 2.85. The lowest BCUT2D eigenvalue weighted by Gasteiger charge is -2.30. The summed E-state index contributed by atoms with van der Waals surface area (Å²) in [7, 11) is 0. The molecule has 2 unspecified atom stereocenters. The lowest BCUT2D eigenvalue weighted by molar-refractivity contribution is -0.143. The molecule has 136 valence electrons. The molecule has 1 aliphatic carbocycles. The van der Waals surface area contributed by atoms with E-state index in [0.717, 1.165) is 44.5 Å². The number of oxime groups is 1. The number of carboxylic acid groups (broad SMARTS) is 1. The summed E-state index contributed by atoms with van der Waals surface area (Å²) in [4.78, 5) is 18.9. The summed E-state index contributed by atoms with van der Waals surface area (Å²) in [5, 5.41) is 13.6. The third-order valence-corrected chi connectivity index (χ3v) is 5.32. The van der Waals surface area contributed by atoms with E-state index in [9.17, 15) is 4.79 Å². The molecule has 1 saturated heterocycles. The molecule has 0 spiro atoms. The Morgan fingerprint density at radius 2 is 2.04 bits per heavy atom. The van der Waals surface area contributed by atoms with Crippen LogP contribution < -0.4 is 0 Å². The third kappa shape index (κ3) is 5.05. The molecular weight excluding hydrogens is 316 g/mol. The van der Waals surface area contributed by atoms with E-state index in [1.54, 1.807) is 0 Å². The van der Waals surface area contributed by atoms with Gasteiger partial charge >= 0.3 is 5.97 Å². The van der Waals surface area contributed by atoms with Gasteiger partial charge in [-0.25, -0.2) is 0 Å². The van der Waals surface area contributed by atoms with Gasteiger partial charge in [0.2, 0.25) is 0 Å². The van der Waals surface area contributed by atoms with Crippen LogP contribution in [0.2, 0.25) is 0 Å². The predicted octanol–water partition coefficient (Wildman–Crippen LogP) is 3.51. The van der Waals surface area contributed by atoms with E-state index in [4.69, 9.17) is 9.94 Å². The monoisotopic (exact) mass is 344 g/mol. The van der Waals surface area contributed by atoms with Gasteiger partial charge in [-0.1, -0.05) is 41.9 Å². The van der Waals surface area contributed by atoms with E-state index >= 15 is 0 Å². The Kier molecular flexibility index (Phi) is 6.45. The highest BCUT2D eigenvalue weighted by Crippen LogP contribution is 2.30. The second-order valence-electron chi connectivity index (χ2n) is 7.10. The highest BCUT2D eigenvalue weighted by molar-refractivity contribution is 5.91. The van der Waals surface area contributed by atoms with Crippen molar-refractivity contribution < 1.29 is 14.7 Å². The van der Waals surface area contributed by atoms with Gasteiger partial charge in [-0.15, -0.1) is 0 Å². The quantitative estimate of drug-likeness (QED) is 0.634. The van der Waals surface area contributed by atoms with Crippen LogP contribution >= 0.6 is 0 Å². The number of nitrogens with zero attached hydrogens (tertiary/aromatic N) is 2. The normalized spacial score (nSPS) is 26.5. The molecule has 3 rings (SSSR count). The maximum atomic E-state index is 11.1. The molecule has 1 aliphatic heterocycles. The molecule has 0 aromatic heterocycles. The Morgan fingerprint density at radius 3 is 2.84 bits per heavy atom. The van der Waals surface area contributed by atoms with E-state index in [1.165, 1.54) is 18.4 Å². The van der Waals surface area contributed by atoms with Crippen molar-refractivity contribution in [3.05, 3.63) is 35.9 Å². The first-order chi connectivity index (χ1) is 12.2. The molecule has 5 heteroatoms. The Bertz CT molecular complexity index is 588. The van der Waals surface area contributed by atoms with E-state index in [2.05, 4.69) is 34.3 Å². The summed E-state index contributed by atoms with van der Waals surface area (Å²) in [5.41, 5.74) is 2.48. The van der Waals surface area contributed by atoms with E-state index < -0.39 is 5.97 Å². The van der Waals surface area contributed by atoms with E-state index in [-0.39, 0.29) is 5.92 Å². The van der Waals surface area contributed by atoms with Crippen LogP contribution in [0.5, 0.6) is 0 Å². The molecule has 1 saturated carbocycles. The topological polar surface area (TPSA) is 62.1 Å². The van der Waals surface area contributed by atoms with Crippen LogP contribution in [0.3, 0.4) is 0 Å². The van der Waals surface area contributed by atoms with E-state index in [0.29, 0.717) is 19.1 Å². The minimum absolute atomic E-state index is 0.235. The summed E-state index contributed by atoms with van der Waals surface area (Å²) < 4.78 is 0. The Morgan fingerprint density at radius 1 is 1.20 bits per heavy atom. The maximum Gasteiger partial charge on any atom is 0.307 e. The van der Waals surface area contributed by atoms with Crippen molar-refractivity contribution in [1.82, 2.24) is 4.90 Å². The van der Waals surface area contributed by atoms with Gasteiger partial charge in [0.25, 0.3) is 0 Å². The molecule has 0 radical (unpaired) electrons. The minimum atomic E-state index is -0.682. The summed E-state index contributed by atoms with van der Waals surface area (Å²) in [6.07, 6.45) is 6.29. The molecule has 0 amide bonds. The fourth-order valence-electron chi connectivity index (χ4n) is 3.91. The standard InChI is InChI=1S/C20H28N2O3/c23-20(24)17-9-6-12-22(15-17)13-14-25-21-19-11-5-4-10-18(19)16-7-2-1-3-8-16/h1-3,7-8,17-18H,4-6,9-15H2,(H,23,24)/b21-19-. The first kappa shape index (κ1) is 17.9. The molecule has 2 aliphatic rings. The van der Waals surface area contributed by atoms with Crippen LogP contribution in [-0.2, 0) is 9.63 Å². The van der Waals surface area contributed by atoms with Crippen LogP contribution in [0, 0.1) is 5.92 Å². The minimum Gasteiger partial charge on any atom is -0.481 e. The third-order valence-electron chi connectivity index (χ3n) is 5.32. The smallest absolute Gasteiger partial charge is 0.307 e. The molecule has 2 atom stereocenters. The van der Waals surface area contributed by atoms with Crippen molar-refractivity contribution in [2.24, 2.45) is 11.1 Å². The predicted molar refractivity (Wildman–Crippen MR) is 97.8 cm³/mol. The molecule has 1 N–H and O–H groups in total. The number of carboxylic acids is 1. The van der Waals surface area contributed by atoms with Gasteiger partial charge in [-0.3, -0.25) is 9.69 Å².